The minimum atomic E-state index is -0.0348. The van der Waals surface area contributed by atoms with Crippen LogP contribution < -0.4 is 0 Å². The van der Waals surface area contributed by atoms with Gasteiger partial charge in [0.2, 0.25) is 0 Å². The molecule has 0 aromatic heterocycles. The van der Waals surface area contributed by atoms with E-state index in [9.17, 15) is 4.79 Å². The van der Waals surface area contributed by atoms with Gasteiger partial charge in [-0.2, -0.15) is 0 Å². The second-order valence-corrected chi connectivity index (χ2v) is 5.84. The third kappa shape index (κ3) is 6.89. The molecule has 0 bridgehead atoms. The molecule has 0 amide bonds. The zero-order valence-corrected chi connectivity index (χ0v) is 14.1. The first kappa shape index (κ1) is 18.4. The van der Waals surface area contributed by atoms with E-state index in [4.69, 9.17) is 0 Å². The molecule has 0 spiro atoms. The molecule has 0 aliphatic heterocycles. The second kappa shape index (κ2) is 11.0. The molecule has 1 rings (SSSR count). The number of hydrogen-bond donors (Lipinski definition) is 0. The lowest BCUT2D eigenvalue weighted by molar-refractivity contribution is -0.111. The fourth-order valence-electron chi connectivity index (χ4n) is 2.52. The lowest BCUT2D eigenvalue weighted by Crippen LogP contribution is -2.09. The summed E-state index contributed by atoms with van der Waals surface area (Å²) < 4.78 is 0. The first-order chi connectivity index (χ1) is 10.8. The summed E-state index contributed by atoms with van der Waals surface area (Å²) in [7, 11) is 0. The topological polar surface area (TPSA) is 17.1 Å². The van der Waals surface area contributed by atoms with Gasteiger partial charge in [-0.15, -0.1) is 0 Å². The van der Waals surface area contributed by atoms with Crippen molar-refractivity contribution in [2.45, 2.75) is 52.4 Å². The van der Waals surface area contributed by atoms with Gasteiger partial charge >= 0.3 is 0 Å². The maximum atomic E-state index is 10.7. The molecule has 22 heavy (non-hydrogen) atoms. The fraction of sp³-hybridized carbons (Fsp3) is 0.476. The largest absolute Gasteiger partial charge is 0.303 e. The Bertz CT molecular complexity index is 437. The Balaban J connectivity index is 2.43. The molecule has 1 unspecified atom stereocenters. The first-order valence-electron chi connectivity index (χ1n) is 8.57. The molecule has 0 aromatic rings. The van der Waals surface area contributed by atoms with Gasteiger partial charge in [0.15, 0.2) is 0 Å². The van der Waals surface area contributed by atoms with Crippen LogP contribution in [-0.4, -0.2) is 6.29 Å². The van der Waals surface area contributed by atoms with Crippen LogP contribution >= 0.6 is 0 Å². The summed E-state index contributed by atoms with van der Waals surface area (Å²) in [6.45, 7) is 4.23. The Morgan fingerprint density at radius 1 is 1.05 bits per heavy atom. The van der Waals surface area contributed by atoms with Crippen molar-refractivity contribution in [3.05, 3.63) is 60.8 Å². The van der Waals surface area contributed by atoms with Crippen molar-refractivity contribution < 1.29 is 4.79 Å². The van der Waals surface area contributed by atoms with Crippen molar-refractivity contribution in [2.24, 2.45) is 11.3 Å². The normalized spacial score (nSPS) is 18.6. The van der Waals surface area contributed by atoms with Crippen LogP contribution in [0.1, 0.15) is 52.4 Å². The van der Waals surface area contributed by atoms with E-state index in [0.29, 0.717) is 0 Å². The van der Waals surface area contributed by atoms with E-state index in [1.165, 1.54) is 0 Å². The average Bonchev–Trinajstić information content (AvgIpc) is 2.56. The highest BCUT2D eigenvalue weighted by molar-refractivity contribution is 5.53. The van der Waals surface area contributed by atoms with E-state index in [2.05, 4.69) is 74.6 Å². The van der Waals surface area contributed by atoms with Crippen LogP contribution in [0, 0.1) is 11.3 Å². The monoisotopic (exact) mass is 298 g/mol. The van der Waals surface area contributed by atoms with E-state index < -0.39 is 0 Å². The highest BCUT2D eigenvalue weighted by Gasteiger charge is 2.17. The minimum absolute atomic E-state index is 0.0348. The van der Waals surface area contributed by atoms with Crippen molar-refractivity contribution in [2.75, 3.05) is 0 Å². The van der Waals surface area contributed by atoms with Crippen molar-refractivity contribution in [3.8, 4) is 0 Å². The first-order valence-corrected chi connectivity index (χ1v) is 8.57. The van der Waals surface area contributed by atoms with Crippen molar-refractivity contribution in [3.63, 3.8) is 0 Å². The Morgan fingerprint density at radius 2 is 1.77 bits per heavy atom. The Labute approximate surface area is 136 Å². The van der Waals surface area contributed by atoms with Gasteiger partial charge in [-0.05, 0) is 38.5 Å². The van der Waals surface area contributed by atoms with Gasteiger partial charge in [-0.25, -0.2) is 0 Å². The van der Waals surface area contributed by atoms with Crippen LogP contribution in [0.4, 0.5) is 0 Å². The summed E-state index contributed by atoms with van der Waals surface area (Å²) in [4.78, 5) is 10.7. The molecule has 1 aliphatic rings. The van der Waals surface area contributed by atoms with Crippen molar-refractivity contribution in [1.82, 2.24) is 0 Å². The lowest BCUT2D eigenvalue weighted by Gasteiger charge is -2.21. The SMILES string of the molecule is CC/C=C\C1(/C=C\C/C=C\CCC(C=O)CC)C=CCC=C1. The molecule has 0 saturated heterocycles. The van der Waals surface area contributed by atoms with E-state index in [0.717, 1.165) is 44.8 Å². The number of hydrogen-bond acceptors (Lipinski definition) is 1. The van der Waals surface area contributed by atoms with Gasteiger partial charge in [-0.1, -0.05) is 74.6 Å². The van der Waals surface area contributed by atoms with Crippen LogP contribution in [0.15, 0.2) is 60.8 Å². The molecule has 0 fully saturated rings. The summed E-state index contributed by atoms with van der Waals surface area (Å²) in [5.74, 6) is 0.222. The maximum absolute atomic E-state index is 10.7. The van der Waals surface area contributed by atoms with Crippen molar-refractivity contribution in [1.29, 1.82) is 0 Å². The number of carbonyl (C=O) groups excluding carboxylic acids is 1. The predicted molar refractivity (Wildman–Crippen MR) is 96.7 cm³/mol. The number of aldehydes is 1. The summed E-state index contributed by atoms with van der Waals surface area (Å²) in [6.07, 6.45) is 29.4. The Morgan fingerprint density at radius 3 is 2.41 bits per heavy atom. The molecule has 1 nitrogen and oxygen atoms in total. The van der Waals surface area contributed by atoms with Crippen molar-refractivity contribution >= 4 is 6.29 Å². The summed E-state index contributed by atoms with van der Waals surface area (Å²) in [5, 5.41) is 0. The van der Waals surface area contributed by atoms with Gasteiger partial charge < -0.3 is 4.79 Å². The van der Waals surface area contributed by atoms with Gasteiger partial charge in [0.05, 0.1) is 0 Å². The molecule has 0 radical (unpaired) electrons. The standard InChI is InChI=1S/C21H30O/c1-3-5-15-21(17-12-9-13-18-21)16-11-8-6-7-10-14-20(4-2)19-22/h5-7,11-13,15-20H,3-4,8-10,14H2,1-2H3/b7-6-,15-5-,16-11-. The molecule has 0 saturated carbocycles. The zero-order valence-electron chi connectivity index (χ0n) is 14.1. The third-order valence-corrected chi connectivity index (χ3v) is 3.99. The molecule has 0 heterocycles. The highest BCUT2D eigenvalue weighted by atomic mass is 16.1. The molecule has 120 valence electrons. The zero-order chi connectivity index (χ0) is 16.1. The molecule has 1 aliphatic carbocycles. The van der Waals surface area contributed by atoms with Gasteiger partial charge in [-0.3, -0.25) is 0 Å². The van der Waals surface area contributed by atoms with Crippen LogP contribution in [0.5, 0.6) is 0 Å². The van der Waals surface area contributed by atoms with Crippen LogP contribution in [0.25, 0.3) is 0 Å². The molecular formula is C21H30O. The molecular weight excluding hydrogens is 268 g/mol. The number of allylic oxidation sites excluding steroid dienone is 10. The van der Waals surface area contributed by atoms with E-state index in [-0.39, 0.29) is 11.3 Å². The second-order valence-electron chi connectivity index (χ2n) is 5.84. The van der Waals surface area contributed by atoms with Crippen LogP contribution in [-0.2, 0) is 4.79 Å². The molecule has 1 heteroatoms. The van der Waals surface area contributed by atoms with Gasteiger partial charge in [0, 0.05) is 11.3 Å². The van der Waals surface area contributed by atoms with E-state index >= 15 is 0 Å². The van der Waals surface area contributed by atoms with Crippen LogP contribution in [0.3, 0.4) is 0 Å². The molecule has 0 aromatic carbocycles. The minimum Gasteiger partial charge on any atom is -0.303 e. The van der Waals surface area contributed by atoms with E-state index in [1.54, 1.807) is 0 Å². The predicted octanol–water partition coefficient (Wildman–Crippen LogP) is 5.96. The summed E-state index contributed by atoms with van der Waals surface area (Å²) >= 11 is 0. The average molecular weight is 298 g/mol. The number of rotatable bonds is 10. The third-order valence-electron chi connectivity index (χ3n) is 3.99. The lowest BCUT2D eigenvalue weighted by atomic mass is 9.83. The Hall–Kier alpha value is -1.63. The Kier molecular flexibility index (Phi) is 9.21. The fourth-order valence-corrected chi connectivity index (χ4v) is 2.52. The van der Waals surface area contributed by atoms with Gasteiger partial charge in [0.25, 0.3) is 0 Å². The van der Waals surface area contributed by atoms with E-state index in [1.807, 2.05) is 0 Å². The summed E-state index contributed by atoms with van der Waals surface area (Å²) in [5.41, 5.74) is -0.0348. The molecule has 1 atom stereocenters. The maximum Gasteiger partial charge on any atom is 0.123 e. The smallest absolute Gasteiger partial charge is 0.123 e. The number of carbonyl (C=O) groups is 1. The quantitative estimate of drug-likeness (QED) is 0.359. The molecule has 0 N–H and O–H groups in total. The van der Waals surface area contributed by atoms with Crippen LogP contribution in [0.2, 0.25) is 0 Å². The highest BCUT2D eigenvalue weighted by Crippen LogP contribution is 2.29. The van der Waals surface area contributed by atoms with Gasteiger partial charge in [0.1, 0.15) is 6.29 Å². The summed E-state index contributed by atoms with van der Waals surface area (Å²) in [6, 6.07) is 0.